The number of sulfonamides is 1. The van der Waals surface area contributed by atoms with Crippen molar-refractivity contribution in [3.05, 3.63) is 0 Å². The molecule has 5 aliphatic rings. The zero-order valence-electron chi connectivity index (χ0n) is 15.9. The Bertz CT molecular complexity index is 612. The number of carbonyl (C=O) groups excluding carboxylic acids is 1. The number of amides is 1. The van der Waals surface area contributed by atoms with Crippen LogP contribution in [0.3, 0.4) is 0 Å². The van der Waals surface area contributed by atoms with Gasteiger partial charge in [0.1, 0.15) is 0 Å². The van der Waals surface area contributed by atoms with Crippen LogP contribution in [-0.2, 0) is 19.6 Å². The second kappa shape index (κ2) is 7.06. The van der Waals surface area contributed by atoms with E-state index in [0.717, 1.165) is 11.8 Å². The first kappa shape index (κ1) is 18.7. The van der Waals surface area contributed by atoms with E-state index in [2.05, 4.69) is 5.32 Å². The van der Waals surface area contributed by atoms with Crippen molar-refractivity contribution in [3.8, 4) is 0 Å². The van der Waals surface area contributed by atoms with Crippen LogP contribution in [0.1, 0.15) is 46.0 Å². The van der Waals surface area contributed by atoms with Gasteiger partial charge in [-0.2, -0.15) is 4.31 Å². The molecule has 1 aliphatic heterocycles. The largest absolute Gasteiger partial charge is 0.373 e. The third-order valence-corrected chi connectivity index (χ3v) is 8.77. The van der Waals surface area contributed by atoms with Crippen molar-refractivity contribution in [3.63, 3.8) is 0 Å². The van der Waals surface area contributed by atoms with Crippen molar-refractivity contribution >= 4 is 15.9 Å². The van der Waals surface area contributed by atoms with Gasteiger partial charge in [-0.05, 0) is 69.6 Å². The molecule has 1 heterocycles. The number of rotatable bonds is 5. The van der Waals surface area contributed by atoms with Gasteiger partial charge in [0.2, 0.25) is 15.9 Å². The van der Waals surface area contributed by atoms with E-state index in [4.69, 9.17) is 4.74 Å². The summed E-state index contributed by atoms with van der Waals surface area (Å²) in [4.78, 5) is 12.8. The summed E-state index contributed by atoms with van der Waals surface area (Å²) < 4.78 is 32.3. The van der Waals surface area contributed by atoms with Gasteiger partial charge in [-0.3, -0.25) is 4.79 Å². The standard InChI is InChI=1S/C19H32N2O4S/c1-12-10-21(11-13(2)25-12)26(23,24)4-3-20-19(22)18-16-6-14-5-15(8-16)9-17(18)7-14/h12-18H,3-11H2,1-2H3,(H,20,22). The molecule has 0 aromatic carbocycles. The van der Waals surface area contributed by atoms with Gasteiger partial charge in [-0.25, -0.2) is 8.42 Å². The van der Waals surface area contributed by atoms with Gasteiger partial charge in [0.15, 0.2) is 0 Å². The molecule has 2 atom stereocenters. The Morgan fingerprint density at radius 2 is 1.54 bits per heavy atom. The quantitative estimate of drug-likeness (QED) is 0.781. The number of nitrogens with zero attached hydrogens (tertiary/aromatic N) is 1. The number of hydrogen-bond donors (Lipinski definition) is 1. The summed E-state index contributed by atoms with van der Waals surface area (Å²) >= 11 is 0. The highest BCUT2D eigenvalue weighted by molar-refractivity contribution is 7.89. The van der Waals surface area contributed by atoms with E-state index < -0.39 is 10.0 Å². The molecule has 1 saturated heterocycles. The molecule has 4 saturated carbocycles. The average Bonchev–Trinajstić information content (AvgIpc) is 2.52. The van der Waals surface area contributed by atoms with Crippen molar-refractivity contribution < 1.29 is 17.9 Å². The fraction of sp³-hybridized carbons (Fsp3) is 0.947. The minimum absolute atomic E-state index is 0.0223. The zero-order chi connectivity index (χ0) is 18.5. The first-order valence-electron chi connectivity index (χ1n) is 10.2. The molecule has 26 heavy (non-hydrogen) atoms. The second-order valence-corrected chi connectivity index (χ2v) is 11.2. The first-order valence-corrected chi connectivity index (χ1v) is 11.8. The van der Waals surface area contributed by atoms with Crippen LogP contribution in [0.2, 0.25) is 0 Å². The summed E-state index contributed by atoms with van der Waals surface area (Å²) in [6, 6.07) is 0. The molecule has 1 N–H and O–H groups in total. The molecular formula is C19H32N2O4S. The van der Waals surface area contributed by atoms with E-state index in [9.17, 15) is 13.2 Å². The van der Waals surface area contributed by atoms with E-state index >= 15 is 0 Å². The third kappa shape index (κ3) is 3.67. The molecular weight excluding hydrogens is 352 g/mol. The van der Waals surface area contributed by atoms with Gasteiger partial charge in [-0.15, -0.1) is 0 Å². The van der Waals surface area contributed by atoms with Gasteiger partial charge in [0.25, 0.3) is 0 Å². The minimum atomic E-state index is -3.36. The molecule has 0 aromatic rings. The molecule has 5 rings (SSSR count). The number of nitrogens with one attached hydrogen (secondary N) is 1. The lowest BCUT2D eigenvalue weighted by atomic mass is 9.51. The molecule has 6 nitrogen and oxygen atoms in total. The van der Waals surface area contributed by atoms with Crippen LogP contribution < -0.4 is 5.32 Å². The summed E-state index contributed by atoms with van der Waals surface area (Å²) in [7, 11) is -3.36. The fourth-order valence-electron chi connectivity index (χ4n) is 6.26. The van der Waals surface area contributed by atoms with Crippen LogP contribution in [-0.4, -0.2) is 56.2 Å². The van der Waals surface area contributed by atoms with Crippen LogP contribution in [0.4, 0.5) is 0 Å². The molecule has 0 radical (unpaired) electrons. The predicted molar refractivity (Wildman–Crippen MR) is 98.9 cm³/mol. The number of ether oxygens (including phenoxy) is 1. The number of carbonyl (C=O) groups is 1. The average molecular weight is 385 g/mol. The van der Waals surface area contributed by atoms with Gasteiger partial charge in [0.05, 0.1) is 18.0 Å². The predicted octanol–water partition coefficient (Wildman–Crippen LogP) is 1.61. The minimum Gasteiger partial charge on any atom is -0.373 e. The van der Waals surface area contributed by atoms with E-state index in [-0.39, 0.29) is 36.3 Å². The van der Waals surface area contributed by atoms with E-state index in [1.165, 1.54) is 36.4 Å². The van der Waals surface area contributed by atoms with Crippen LogP contribution in [0.15, 0.2) is 0 Å². The Balaban J connectivity index is 1.30. The Hall–Kier alpha value is -0.660. The Labute approximate surface area is 157 Å². The van der Waals surface area contributed by atoms with Gasteiger partial charge in [-0.1, -0.05) is 0 Å². The SMILES string of the molecule is CC1CN(S(=O)(=O)CCNC(=O)C2C3CC4CC(C3)CC2C4)CC(C)O1. The fourth-order valence-corrected chi connectivity index (χ4v) is 7.75. The second-order valence-electron chi connectivity index (χ2n) is 9.14. The molecule has 5 fully saturated rings. The van der Waals surface area contributed by atoms with Crippen molar-refractivity contribution in [1.29, 1.82) is 0 Å². The molecule has 0 aromatic heterocycles. The lowest BCUT2D eigenvalue weighted by Crippen LogP contribution is -2.52. The zero-order valence-corrected chi connectivity index (χ0v) is 16.7. The molecule has 1 amide bonds. The van der Waals surface area contributed by atoms with Gasteiger partial charge in [0, 0.05) is 25.6 Å². The lowest BCUT2D eigenvalue weighted by molar-refractivity contribution is -0.138. The maximum absolute atomic E-state index is 12.8. The highest BCUT2D eigenvalue weighted by Gasteiger charge is 2.50. The topological polar surface area (TPSA) is 75.7 Å². The summed E-state index contributed by atoms with van der Waals surface area (Å²) in [6.07, 6.45) is 6.00. The first-order chi connectivity index (χ1) is 12.3. The lowest BCUT2D eigenvalue weighted by Gasteiger charge is -2.53. The van der Waals surface area contributed by atoms with Gasteiger partial charge >= 0.3 is 0 Å². The Morgan fingerprint density at radius 3 is 2.08 bits per heavy atom. The maximum Gasteiger partial charge on any atom is 0.223 e. The van der Waals surface area contributed by atoms with Crippen LogP contribution in [0.25, 0.3) is 0 Å². The van der Waals surface area contributed by atoms with Crippen molar-refractivity contribution in [2.24, 2.45) is 29.6 Å². The Morgan fingerprint density at radius 1 is 1.00 bits per heavy atom. The molecule has 7 heteroatoms. The Kier molecular flexibility index (Phi) is 5.07. The third-order valence-electron chi connectivity index (χ3n) is 6.97. The van der Waals surface area contributed by atoms with Crippen LogP contribution in [0, 0.1) is 29.6 Å². The molecule has 4 aliphatic carbocycles. The van der Waals surface area contributed by atoms with E-state index in [0.29, 0.717) is 24.9 Å². The summed E-state index contributed by atoms with van der Waals surface area (Å²) in [5, 5.41) is 2.95. The van der Waals surface area contributed by atoms with E-state index in [1.54, 1.807) is 0 Å². The molecule has 4 bridgehead atoms. The van der Waals surface area contributed by atoms with Gasteiger partial charge < -0.3 is 10.1 Å². The monoisotopic (exact) mass is 384 g/mol. The maximum atomic E-state index is 12.8. The molecule has 148 valence electrons. The highest BCUT2D eigenvalue weighted by atomic mass is 32.2. The van der Waals surface area contributed by atoms with Crippen LogP contribution >= 0.6 is 0 Å². The highest BCUT2D eigenvalue weighted by Crippen LogP contribution is 2.56. The van der Waals surface area contributed by atoms with Crippen molar-refractivity contribution in [2.75, 3.05) is 25.4 Å². The smallest absolute Gasteiger partial charge is 0.223 e. The summed E-state index contributed by atoms with van der Waals surface area (Å²) in [6.45, 7) is 4.80. The number of hydrogen-bond acceptors (Lipinski definition) is 4. The summed E-state index contributed by atoms with van der Waals surface area (Å²) in [5.41, 5.74) is 0. The number of morpholine rings is 1. The molecule has 2 unspecified atom stereocenters. The van der Waals surface area contributed by atoms with Crippen molar-refractivity contribution in [2.45, 2.75) is 58.2 Å². The normalized spacial score (nSPS) is 42.8. The van der Waals surface area contributed by atoms with Crippen LogP contribution in [0.5, 0.6) is 0 Å². The van der Waals surface area contributed by atoms with Crippen molar-refractivity contribution in [1.82, 2.24) is 9.62 Å². The summed E-state index contributed by atoms with van der Waals surface area (Å²) in [5.74, 6) is 2.93. The molecule has 0 spiro atoms. The van der Waals surface area contributed by atoms with E-state index in [1.807, 2.05) is 13.8 Å².